The molecule has 0 radical (unpaired) electrons. The zero-order valence-corrected chi connectivity index (χ0v) is 11.3. The van der Waals surface area contributed by atoms with Crippen molar-refractivity contribution < 1.29 is 9.53 Å². The Kier molecular flexibility index (Phi) is 3.03. The van der Waals surface area contributed by atoms with Gasteiger partial charge in [0, 0.05) is 11.6 Å². The molecule has 2 aromatic rings. The monoisotopic (exact) mass is 272 g/mol. The summed E-state index contributed by atoms with van der Waals surface area (Å²) in [5.74, 6) is 0. The topological polar surface area (TPSA) is 26.3 Å². The van der Waals surface area contributed by atoms with E-state index in [4.69, 9.17) is 16.3 Å². The Morgan fingerprint density at radius 3 is 2.68 bits per heavy atom. The molecule has 1 aliphatic rings. The van der Waals surface area contributed by atoms with Crippen LogP contribution in [0.25, 0.3) is 11.1 Å². The zero-order valence-electron chi connectivity index (χ0n) is 10.5. The van der Waals surface area contributed by atoms with E-state index in [-0.39, 0.29) is 6.10 Å². The van der Waals surface area contributed by atoms with E-state index in [2.05, 4.69) is 18.2 Å². The minimum absolute atomic E-state index is 0.325. The number of hydrogen-bond acceptors (Lipinski definition) is 2. The average molecular weight is 273 g/mol. The number of fused-ring (bicyclic) bond motifs is 3. The molecule has 0 saturated heterocycles. The molecule has 0 heterocycles. The fourth-order valence-electron chi connectivity index (χ4n) is 2.77. The second-order valence-corrected chi connectivity index (χ2v) is 5.01. The summed E-state index contributed by atoms with van der Waals surface area (Å²) in [6, 6.07) is 14.5. The van der Waals surface area contributed by atoms with Gasteiger partial charge in [-0.3, -0.25) is 0 Å². The summed E-state index contributed by atoms with van der Waals surface area (Å²) in [6.45, 7) is 1.85. The minimum atomic E-state index is -0.763. The summed E-state index contributed by atoms with van der Waals surface area (Å²) in [5.41, 5.74) is 5.31. The van der Waals surface area contributed by atoms with E-state index < -0.39 is 5.43 Å². The van der Waals surface area contributed by atoms with Crippen LogP contribution in [0.1, 0.15) is 29.7 Å². The van der Waals surface area contributed by atoms with Crippen LogP contribution in [0.5, 0.6) is 0 Å². The van der Waals surface area contributed by atoms with E-state index in [1.807, 2.05) is 31.2 Å². The number of benzene rings is 2. The number of carbonyl (C=O) groups excluding carboxylic acids is 1. The van der Waals surface area contributed by atoms with Crippen molar-refractivity contribution in [2.75, 3.05) is 0 Å². The quantitative estimate of drug-likeness (QED) is 0.632. The molecule has 96 valence electrons. The minimum Gasteiger partial charge on any atom is -0.446 e. The van der Waals surface area contributed by atoms with Crippen molar-refractivity contribution in [1.29, 1.82) is 0 Å². The Morgan fingerprint density at radius 2 is 1.89 bits per heavy atom. The number of carbonyl (C=O) groups is 1. The maximum absolute atomic E-state index is 10.9. The third-order valence-electron chi connectivity index (χ3n) is 3.59. The fraction of sp³-hybridized carbons (Fsp3) is 0.188. The van der Waals surface area contributed by atoms with Gasteiger partial charge in [-0.1, -0.05) is 42.5 Å². The molecule has 19 heavy (non-hydrogen) atoms. The summed E-state index contributed by atoms with van der Waals surface area (Å²) in [7, 11) is 0. The smallest absolute Gasteiger partial charge is 0.404 e. The lowest BCUT2D eigenvalue weighted by Crippen LogP contribution is -2.04. The first-order valence-electron chi connectivity index (χ1n) is 6.23. The second kappa shape index (κ2) is 4.71. The standard InChI is InChI=1S/C16H13ClO2/c1-10(19-16(17)18)12-7-4-8-14-13-6-3-2-5-11(13)9-15(12)14/h2-8,10H,9H2,1H3. The molecule has 1 atom stereocenters. The molecular weight excluding hydrogens is 260 g/mol. The molecule has 1 unspecified atom stereocenters. The van der Waals surface area contributed by atoms with Crippen molar-refractivity contribution >= 4 is 17.0 Å². The highest BCUT2D eigenvalue weighted by Gasteiger charge is 2.23. The summed E-state index contributed by atoms with van der Waals surface area (Å²) in [5, 5.41) is 0. The van der Waals surface area contributed by atoms with Crippen LogP contribution in [-0.2, 0) is 11.2 Å². The molecule has 0 aromatic heterocycles. The van der Waals surface area contributed by atoms with Crippen LogP contribution in [-0.4, -0.2) is 5.43 Å². The summed E-state index contributed by atoms with van der Waals surface area (Å²) < 4.78 is 5.09. The summed E-state index contributed by atoms with van der Waals surface area (Å²) in [4.78, 5) is 10.9. The molecule has 0 spiro atoms. The highest BCUT2D eigenvalue weighted by atomic mass is 35.5. The van der Waals surface area contributed by atoms with Gasteiger partial charge in [0.2, 0.25) is 0 Å². The van der Waals surface area contributed by atoms with Crippen molar-refractivity contribution in [3.05, 3.63) is 59.2 Å². The fourth-order valence-corrected chi connectivity index (χ4v) is 2.90. The first-order valence-corrected chi connectivity index (χ1v) is 6.61. The average Bonchev–Trinajstić information content (AvgIpc) is 2.76. The van der Waals surface area contributed by atoms with E-state index in [9.17, 15) is 4.79 Å². The molecule has 2 nitrogen and oxygen atoms in total. The third kappa shape index (κ3) is 2.13. The van der Waals surface area contributed by atoms with Gasteiger partial charge in [0.15, 0.2) is 0 Å². The molecule has 0 amide bonds. The molecule has 0 bridgehead atoms. The first kappa shape index (κ1) is 12.2. The largest absolute Gasteiger partial charge is 0.446 e. The SMILES string of the molecule is CC(OC(=O)Cl)c1cccc2c1Cc1ccccc1-2. The number of halogens is 1. The lowest BCUT2D eigenvalue weighted by atomic mass is 9.98. The Hall–Kier alpha value is -1.80. The maximum atomic E-state index is 10.9. The Morgan fingerprint density at radius 1 is 1.16 bits per heavy atom. The zero-order chi connectivity index (χ0) is 13.4. The van der Waals surface area contributed by atoms with Gasteiger partial charge >= 0.3 is 5.43 Å². The van der Waals surface area contributed by atoms with Gasteiger partial charge in [0.25, 0.3) is 0 Å². The van der Waals surface area contributed by atoms with Crippen LogP contribution in [0.15, 0.2) is 42.5 Å². The Bertz CT molecular complexity index is 649. The van der Waals surface area contributed by atoms with Gasteiger partial charge in [-0.25, -0.2) is 4.79 Å². The number of hydrogen-bond donors (Lipinski definition) is 0. The molecule has 0 N–H and O–H groups in total. The highest BCUT2D eigenvalue weighted by Crippen LogP contribution is 2.40. The lowest BCUT2D eigenvalue weighted by molar-refractivity contribution is 0.132. The van der Waals surface area contributed by atoms with Gasteiger partial charge in [0.1, 0.15) is 6.10 Å². The summed E-state index contributed by atoms with van der Waals surface area (Å²) in [6.07, 6.45) is 0.556. The Labute approximate surface area is 117 Å². The van der Waals surface area contributed by atoms with E-state index in [1.54, 1.807) is 0 Å². The van der Waals surface area contributed by atoms with Crippen LogP contribution < -0.4 is 0 Å². The molecule has 1 aliphatic carbocycles. The van der Waals surface area contributed by atoms with Gasteiger partial charge in [-0.15, -0.1) is 0 Å². The number of ether oxygens (including phenoxy) is 1. The Balaban J connectivity index is 2.06. The van der Waals surface area contributed by atoms with Crippen LogP contribution in [0, 0.1) is 0 Å². The van der Waals surface area contributed by atoms with Crippen molar-refractivity contribution in [3.8, 4) is 11.1 Å². The van der Waals surface area contributed by atoms with Gasteiger partial charge in [0.05, 0.1) is 0 Å². The van der Waals surface area contributed by atoms with Gasteiger partial charge in [-0.2, -0.15) is 0 Å². The molecular formula is C16H13ClO2. The van der Waals surface area contributed by atoms with E-state index in [0.29, 0.717) is 0 Å². The van der Waals surface area contributed by atoms with Crippen molar-refractivity contribution in [2.45, 2.75) is 19.4 Å². The van der Waals surface area contributed by atoms with Crippen molar-refractivity contribution in [1.82, 2.24) is 0 Å². The first-order chi connectivity index (χ1) is 9.16. The van der Waals surface area contributed by atoms with Crippen molar-refractivity contribution in [2.24, 2.45) is 0 Å². The second-order valence-electron chi connectivity index (χ2n) is 4.70. The van der Waals surface area contributed by atoms with E-state index in [1.165, 1.54) is 22.3 Å². The maximum Gasteiger partial charge on any atom is 0.404 e. The van der Waals surface area contributed by atoms with Crippen LogP contribution in [0.4, 0.5) is 4.79 Å². The van der Waals surface area contributed by atoms with Crippen LogP contribution in [0.3, 0.4) is 0 Å². The van der Waals surface area contributed by atoms with Gasteiger partial charge < -0.3 is 4.74 Å². The molecule has 0 aliphatic heterocycles. The molecule has 0 fully saturated rings. The lowest BCUT2D eigenvalue weighted by Gasteiger charge is -2.15. The third-order valence-corrected chi connectivity index (χ3v) is 3.68. The molecule has 2 aromatic carbocycles. The number of rotatable bonds is 2. The molecule has 3 heteroatoms. The molecule has 3 rings (SSSR count). The van der Waals surface area contributed by atoms with E-state index >= 15 is 0 Å². The van der Waals surface area contributed by atoms with Crippen LogP contribution in [0.2, 0.25) is 0 Å². The van der Waals surface area contributed by atoms with E-state index in [0.717, 1.165) is 12.0 Å². The van der Waals surface area contributed by atoms with Gasteiger partial charge in [-0.05, 0) is 41.2 Å². The van der Waals surface area contributed by atoms with Crippen molar-refractivity contribution in [3.63, 3.8) is 0 Å². The van der Waals surface area contributed by atoms with Crippen LogP contribution >= 0.6 is 11.6 Å². The highest BCUT2D eigenvalue weighted by molar-refractivity contribution is 6.61. The predicted molar refractivity (Wildman–Crippen MR) is 75.4 cm³/mol. The summed E-state index contributed by atoms with van der Waals surface area (Å²) >= 11 is 5.30. The normalized spacial score (nSPS) is 13.6. The predicted octanol–water partition coefficient (Wildman–Crippen LogP) is 4.69. The molecule has 0 saturated carbocycles.